The second-order valence-electron chi connectivity index (χ2n) is 5.53. The van der Waals surface area contributed by atoms with Crippen molar-refractivity contribution >= 4 is 5.91 Å². The molecule has 0 spiro atoms. The molecule has 0 aromatic heterocycles. The molecule has 3 atom stereocenters. The van der Waals surface area contributed by atoms with Crippen molar-refractivity contribution in [2.75, 3.05) is 26.8 Å². The first-order valence-electron chi connectivity index (χ1n) is 6.02. The van der Waals surface area contributed by atoms with Crippen LogP contribution in [0, 0.1) is 5.92 Å². The monoisotopic (exact) mass is 245 g/mol. The zero-order chi connectivity index (χ0) is 12.6. The van der Waals surface area contributed by atoms with Crippen molar-refractivity contribution in [3.63, 3.8) is 0 Å². The second kappa shape index (κ2) is 4.53. The lowest BCUT2D eigenvalue weighted by molar-refractivity contribution is -0.169. The van der Waals surface area contributed by atoms with E-state index in [0.29, 0.717) is 26.1 Å². The lowest BCUT2D eigenvalue weighted by atomic mass is 10.0. The van der Waals surface area contributed by atoms with E-state index in [1.54, 1.807) is 12.0 Å². The van der Waals surface area contributed by atoms with Gasteiger partial charge in [-0.3, -0.25) is 4.79 Å². The van der Waals surface area contributed by atoms with Crippen LogP contribution in [0.3, 0.4) is 0 Å². The van der Waals surface area contributed by atoms with Gasteiger partial charge in [-0.15, -0.1) is 0 Å². The summed E-state index contributed by atoms with van der Waals surface area (Å²) in [6.45, 7) is 5.36. The van der Waals surface area contributed by atoms with E-state index in [-0.39, 0.29) is 12.0 Å². The van der Waals surface area contributed by atoms with Gasteiger partial charge in [-0.1, -0.05) is 0 Å². The zero-order valence-corrected chi connectivity index (χ0v) is 10.6. The predicted octanol–water partition coefficient (Wildman–Crippen LogP) is 0.997. The van der Waals surface area contributed by atoms with Crippen LogP contribution in [-0.2, 0) is 14.3 Å². The Bertz CT molecular complexity index is 308. The Morgan fingerprint density at radius 3 is 2.76 bits per heavy atom. The summed E-state index contributed by atoms with van der Waals surface area (Å²) in [7, 11) is 1.61. The second-order valence-corrected chi connectivity index (χ2v) is 5.53. The fraction of sp³-hybridized carbons (Fsp3) is 0.917. The molecule has 2 fully saturated rings. The molecule has 0 aromatic rings. The molecule has 1 amide bonds. The number of carbonyl (C=O) groups excluding carboxylic acids is 1. The Morgan fingerprint density at radius 1 is 1.59 bits per heavy atom. The maximum absolute atomic E-state index is 12.9. The van der Waals surface area contributed by atoms with E-state index in [0.717, 1.165) is 0 Å². The average molecular weight is 245 g/mol. The largest absolute Gasteiger partial charge is 0.382 e. The lowest BCUT2D eigenvalue weighted by Crippen LogP contribution is -2.56. The summed E-state index contributed by atoms with van der Waals surface area (Å²) < 4.78 is 23.8. The Balaban J connectivity index is 1.99. The molecule has 5 heteroatoms. The maximum Gasteiger partial charge on any atom is 0.228 e. The van der Waals surface area contributed by atoms with Crippen LogP contribution < -0.4 is 0 Å². The first-order valence-corrected chi connectivity index (χ1v) is 6.02. The van der Waals surface area contributed by atoms with Crippen molar-refractivity contribution in [3.05, 3.63) is 0 Å². The number of carbonyl (C=O) groups is 1. The lowest BCUT2D eigenvalue weighted by Gasteiger charge is -2.42. The van der Waals surface area contributed by atoms with E-state index in [9.17, 15) is 9.18 Å². The van der Waals surface area contributed by atoms with E-state index >= 15 is 0 Å². The van der Waals surface area contributed by atoms with Gasteiger partial charge in [-0.2, -0.15) is 0 Å². The highest BCUT2D eigenvalue weighted by Crippen LogP contribution is 2.36. The molecule has 0 bridgehead atoms. The van der Waals surface area contributed by atoms with Gasteiger partial charge in [0.15, 0.2) is 0 Å². The van der Waals surface area contributed by atoms with Gasteiger partial charge in [0.2, 0.25) is 5.91 Å². The smallest absolute Gasteiger partial charge is 0.228 e. The van der Waals surface area contributed by atoms with Gasteiger partial charge in [0.1, 0.15) is 6.17 Å². The highest BCUT2D eigenvalue weighted by atomic mass is 19.1. The molecule has 1 aliphatic heterocycles. The maximum atomic E-state index is 12.9. The van der Waals surface area contributed by atoms with E-state index < -0.39 is 17.7 Å². The van der Waals surface area contributed by atoms with Crippen LogP contribution in [0.4, 0.5) is 4.39 Å². The third kappa shape index (κ3) is 2.96. The molecule has 17 heavy (non-hydrogen) atoms. The molecular weight excluding hydrogens is 225 g/mol. The first kappa shape index (κ1) is 12.8. The molecule has 0 aromatic carbocycles. The molecule has 1 heterocycles. The number of hydrogen-bond acceptors (Lipinski definition) is 3. The van der Waals surface area contributed by atoms with Gasteiger partial charge in [0.05, 0.1) is 24.2 Å². The molecule has 1 saturated heterocycles. The van der Waals surface area contributed by atoms with E-state index in [2.05, 4.69) is 0 Å². The minimum atomic E-state index is -0.936. The van der Waals surface area contributed by atoms with Crippen LogP contribution in [0.2, 0.25) is 0 Å². The van der Waals surface area contributed by atoms with Gasteiger partial charge < -0.3 is 14.4 Å². The van der Waals surface area contributed by atoms with Crippen molar-refractivity contribution in [2.24, 2.45) is 5.92 Å². The van der Waals surface area contributed by atoms with Crippen LogP contribution in [0.5, 0.6) is 0 Å². The number of hydrogen-bond donors (Lipinski definition) is 0. The molecule has 2 aliphatic rings. The molecule has 1 aliphatic carbocycles. The summed E-state index contributed by atoms with van der Waals surface area (Å²) >= 11 is 0. The van der Waals surface area contributed by atoms with Gasteiger partial charge >= 0.3 is 0 Å². The predicted molar refractivity (Wildman–Crippen MR) is 60.4 cm³/mol. The van der Waals surface area contributed by atoms with Crippen molar-refractivity contribution < 1.29 is 18.7 Å². The molecule has 2 rings (SSSR count). The highest BCUT2D eigenvalue weighted by Gasteiger charge is 2.48. The summed E-state index contributed by atoms with van der Waals surface area (Å²) in [6, 6.07) is 0. The van der Waals surface area contributed by atoms with Crippen LogP contribution in [-0.4, -0.2) is 55.5 Å². The van der Waals surface area contributed by atoms with Crippen molar-refractivity contribution in [3.8, 4) is 0 Å². The van der Waals surface area contributed by atoms with Crippen molar-refractivity contribution in [1.29, 1.82) is 0 Å². The summed E-state index contributed by atoms with van der Waals surface area (Å²) in [5, 5.41) is 0. The number of halogens is 1. The quantitative estimate of drug-likeness (QED) is 0.744. The fourth-order valence-corrected chi connectivity index (χ4v) is 2.39. The average Bonchev–Trinajstić information content (AvgIpc) is 2.92. The SMILES string of the molecule is COCC1CN(C(=O)C2CC2F)CC(C)(C)O1. The number of morpholine rings is 1. The Hall–Kier alpha value is -0.680. The first-order chi connectivity index (χ1) is 7.93. The standard InChI is InChI=1S/C12H20FNO3/c1-12(2)7-14(5-8(17-12)6-16-3)11(15)9-4-10(9)13/h8-10H,4-7H2,1-3H3. The fourth-order valence-electron chi connectivity index (χ4n) is 2.39. The minimum absolute atomic E-state index is 0.0741. The minimum Gasteiger partial charge on any atom is -0.382 e. The van der Waals surface area contributed by atoms with Crippen LogP contribution in [0.25, 0.3) is 0 Å². The zero-order valence-electron chi connectivity index (χ0n) is 10.6. The summed E-state index contributed by atoms with van der Waals surface area (Å²) in [6.07, 6.45) is -0.676. The number of amides is 1. The van der Waals surface area contributed by atoms with Crippen LogP contribution in [0.1, 0.15) is 20.3 Å². The number of ether oxygens (including phenoxy) is 2. The summed E-state index contributed by atoms with van der Waals surface area (Å²) in [4.78, 5) is 13.7. The van der Waals surface area contributed by atoms with E-state index in [4.69, 9.17) is 9.47 Å². The van der Waals surface area contributed by atoms with Gasteiger partial charge in [0, 0.05) is 20.2 Å². The summed E-state index contributed by atoms with van der Waals surface area (Å²) in [5.41, 5.74) is -0.391. The van der Waals surface area contributed by atoms with E-state index in [1.165, 1.54) is 0 Å². The van der Waals surface area contributed by atoms with E-state index in [1.807, 2.05) is 13.8 Å². The molecule has 3 unspecified atom stereocenters. The normalized spacial score (nSPS) is 35.8. The Morgan fingerprint density at radius 2 is 2.24 bits per heavy atom. The molecule has 4 nitrogen and oxygen atoms in total. The number of alkyl halides is 1. The molecule has 0 radical (unpaired) electrons. The molecule has 1 saturated carbocycles. The third-order valence-corrected chi connectivity index (χ3v) is 3.18. The molecular formula is C12H20FNO3. The Kier molecular flexibility index (Phi) is 3.41. The Labute approximate surface area is 101 Å². The highest BCUT2D eigenvalue weighted by molar-refractivity contribution is 5.82. The number of rotatable bonds is 3. The van der Waals surface area contributed by atoms with Crippen molar-refractivity contribution in [2.45, 2.75) is 38.1 Å². The number of nitrogens with zero attached hydrogens (tertiary/aromatic N) is 1. The number of methoxy groups -OCH3 is 1. The third-order valence-electron chi connectivity index (χ3n) is 3.18. The molecule has 0 N–H and O–H groups in total. The van der Waals surface area contributed by atoms with Gasteiger partial charge in [-0.25, -0.2) is 4.39 Å². The summed E-state index contributed by atoms with van der Waals surface area (Å²) in [5.74, 6) is -0.484. The molecule has 98 valence electrons. The van der Waals surface area contributed by atoms with Gasteiger partial charge in [0.25, 0.3) is 0 Å². The van der Waals surface area contributed by atoms with Crippen LogP contribution >= 0.6 is 0 Å². The van der Waals surface area contributed by atoms with Crippen LogP contribution in [0.15, 0.2) is 0 Å². The topological polar surface area (TPSA) is 38.8 Å². The van der Waals surface area contributed by atoms with Crippen molar-refractivity contribution in [1.82, 2.24) is 4.90 Å². The van der Waals surface area contributed by atoms with Gasteiger partial charge in [-0.05, 0) is 20.3 Å².